The molecule has 1 aliphatic heterocycles. The summed E-state index contributed by atoms with van der Waals surface area (Å²) in [6, 6.07) is -2.30. The Kier molecular flexibility index (Phi) is 14.0. The van der Waals surface area contributed by atoms with Gasteiger partial charge in [-0.2, -0.15) is 22.0 Å². The number of sulfonamides is 4. The van der Waals surface area contributed by atoms with E-state index in [1.165, 1.54) is 4.13 Å². The quantitative estimate of drug-likeness (QED) is 0.531. The Labute approximate surface area is 157 Å². The van der Waals surface area contributed by atoms with Crippen LogP contribution in [0.4, 0.5) is 26.3 Å². The van der Waals surface area contributed by atoms with Gasteiger partial charge in [0.2, 0.25) is 0 Å². The van der Waals surface area contributed by atoms with Gasteiger partial charge >= 0.3 is 12.9 Å². The van der Waals surface area contributed by atoms with Crippen molar-refractivity contribution in [2.75, 3.05) is 6.01 Å². The van der Waals surface area contributed by atoms with Gasteiger partial charge in [-0.15, -0.1) is 0 Å². The van der Waals surface area contributed by atoms with Crippen molar-refractivity contribution in [2.24, 2.45) is 0 Å². The van der Waals surface area contributed by atoms with Crippen molar-refractivity contribution in [3.05, 3.63) is 8.25 Å². The molecule has 0 atom stereocenters. The minimum atomic E-state index is -6.17. The van der Waals surface area contributed by atoms with Crippen LogP contribution in [-0.2, 0) is 40.1 Å². The molecule has 0 radical (unpaired) electrons. The zero-order chi connectivity index (χ0) is 19.1. The molecule has 0 aromatic heterocycles. The highest BCUT2D eigenvalue weighted by molar-refractivity contribution is 8.29. The van der Waals surface area contributed by atoms with Gasteiger partial charge in [0, 0.05) is 0 Å². The van der Waals surface area contributed by atoms with Crippen molar-refractivity contribution in [2.45, 2.75) is 39.8 Å². The third-order valence-electron chi connectivity index (χ3n) is 1.44. The predicted molar refractivity (Wildman–Crippen MR) is 88.5 cm³/mol. The zero-order valence-electron chi connectivity index (χ0n) is 11.8. The van der Waals surface area contributed by atoms with E-state index in [9.17, 15) is 60.0 Å². The molecule has 0 aliphatic carbocycles. The van der Waals surface area contributed by atoms with Crippen LogP contribution in [0.3, 0.4) is 0 Å². The molecule has 1 fully saturated rings. The molecule has 27 heavy (non-hydrogen) atoms. The summed E-state index contributed by atoms with van der Waals surface area (Å²) in [5.41, 5.74) is -5.84. The lowest BCUT2D eigenvalue weighted by atomic mass is 11.6. The lowest BCUT2D eigenvalue weighted by molar-refractivity contribution is -0.0425. The highest BCUT2D eigenvalue weighted by Gasteiger charge is 2.58. The van der Waals surface area contributed by atoms with Gasteiger partial charge in [0.15, 0.2) is 36.1 Å². The van der Waals surface area contributed by atoms with Crippen LogP contribution in [0.15, 0.2) is 0 Å². The summed E-state index contributed by atoms with van der Waals surface area (Å²) in [5.74, 6) is 0. The van der Waals surface area contributed by atoms with E-state index >= 15 is 0 Å². The summed E-state index contributed by atoms with van der Waals surface area (Å²) < 4.78 is 147. The lowest BCUT2D eigenvalue weighted by Gasteiger charge is -2.38. The van der Waals surface area contributed by atoms with Crippen LogP contribution in [0.1, 0.15) is 32.6 Å². The summed E-state index contributed by atoms with van der Waals surface area (Å²) in [7, 11) is -21.5. The van der Waals surface area contributed by atoms with Gasteiger partial charge in [0.1, 0.15) is 10.0 Å². The van der Waals surface area contributed by atoms with Gasteiger partial charge in [-0.3, -0.25) is 0 Å². The molecule has 0 aromatic rings. The van der Waals surface area contributed by atoms with E-state index in [1.807, 2.05) is 4.13 Å². The molecule has 1 rings (SSSR count). The molecular weight excluding hydrogens is 482 g/mol. The third kappa shape index (κ3) is 8.05. The molecule has 0 bridgehead atoms. The highest BCUT2D eigenvalue weighted by atomic mass is 32.3. The molecule has 1 saturated heterocycles. The number of rotatable bonds is 3. The summed E-state index contributed by atoms with van der Waals surface area (Å²) in [6.45, 7) is 0. The maximum atomic E-state index is 11.8. The Morgan fingerprint density at radius 3 is 1.30 bits per heavy atom. The Bertz CT molecular complexity index is 853. The van der Waals surface area contributed by atoms with Crippen molar-refractivity contribution in [1.82, 2.24) is 0 Å². The second kappa shape index (κ2) is 10.2. The van der Waals surface area contributed by atoms with E-state index in [2.05, 4.69) is 0 Å². The Balaban J connectivity index is -0.0000000562. The lowest BCUT2D eigenvalue weighted by Crippen LogP contribution is -2.47. The SMILES string of the molecule is C.C.C.C.O=S(=O)(CF)[N-]S(=O)(=O)C(F)(F)F.O=S1(=O)[N-]S(=O)(=O)C1(F)F.[H+].[H+]. The molecule has 172 valence electrons. The standard InChI is InChI=1S/C2H2F4NO4S2.CF2NO4S2.4CH4/c3-1-12(8,9)7-13(10,11)2(4,5)6;2-1(3)9(5,6)4-10(1,7)8;;;;/h1H2;;4*1H4/q2*-1;;;;/p+2. The van der Waals surface area contributed by atoms with E-state index < -0.39 is 56.2 Å². The fourth-order valence-corrected chi connectivity index (χ4v) is 4.79. The number of nitrogens with zero attached hydrogens (tertiary/aromatic N) is 2. The third-order valence-corrected chi connectivity index (χ3v) is 8.03. The smallest absolute Gasteiger partial charge is 0.426 e. The molecule has 20 heteroatoms. The number of hydrogen-bond donors (Lipinski definition) is 0. The van der Waals surface area contributed by atoms with Gasteiger partial charge in [-0.1, -0.05) is 29.7 Å². The first-order valence-corrected chi connectivity index (χ1v) is 10.1. The fraction of sp³-hybridized carbons (Fsp3) is 1.00. The number of hydrogen-bond acceptors (Lipinski definition) is 8. The first kappa shape index (κ1) is 37.1. The van der Waals surface area contributed by atoms with Gasteiger partial charge in [0.25, 0.3) is 0 Å². The molecule has 0 amide bonds. The second-order valence-corrected chi connectivity index (χ2v) is 10.3. The average molecular weight is 502 g/mol. The van der Waals surface area contributed by atoms with Gasteiger partial charge < -0.3 is 8.25 Å². The van der Waals surface area contributed by atoms with Gasteiger partial charge in [-0.25, -0.2) is 38.1 Å². The van der Waals surface area contributed by atoms with E-state index in [0.29, 0.717) is 0 Å². The monoisotopic (exact) mass is 502 g/mol. The molecule has 0 aromatic carbocycles. The first-order chi connectivity index (χ1) is 9.72. The summed E-state index contributed by atoms with van der Waals surface area (Å²) >= 11 is 0. The Morgan fingerprint density at radius 1 is 0.889 bits per heavy atom. The summed E-state index contributed by atoms with van der Waals surface area (Å²) in [4.78, 5) is 0. The molecular formula is C7H20F6N2O8S4. The topological polar surface area (TPSA) is 165 Å². The zero-order valence-corrected chi connectivity index (χ0v) is 13.0. The number of alkyl halides is 6. The first-order valence-electron chi connectivity index (χ1n) is 4.18. The molecule has 0 spiro atoms. The van der Waals surface area contributed by atoms with Crippen LogP contribution >= 0.6 is 0 Å². The van der Waals surface area contributed by atoms with Crippen LogP contribution in [0.5, 0.6) is 0 Å². The van der Waals surface area contributed by atoms with Crippen molar-refractivity contribution in [3.8, 4) is 0 Å². The largest absolute Gasteiger partial charge is 1.00 e. The van der Waals surface area contributed by atoms with E-state index in [4.69, 9.17) is 0 Å². The van der Waals surface area contributed by atoms with Crippen LogP contribution in [0, 0.1) is 0 Å². The van der Waals surface area contributed by atoms with Gasteiger partial charge in [-0.05, 0) is 0 Å². The van der Waals surface area contributed by atoms with Gasteiger partial charge in [0.05, 0.1) is 0 Å². The number of halogens is 6. The van der Waals surface area contributed by atoms with Crippen molar-refractivity contribution in [1.29, 1.82) is 0 Å². The Morgan fingerprint density at radius 2 is 1.19 bits per heavy atom. The average Bonchev–Trinajstić information content (AvgIpc) is 2.25. The van der Waals surface area contributed by atoms with E-state index in [1.54, 1.807) is 0 Å². The van der Waals surface area contributed by atoms with Crippen LogP contribution < -0.4 is 0 Å². The molecule has 0 saturated carbocycles. The minimum Gasteiger partial charge on any atom is -0.426 e. The van der Waals surface area contributed by atoms with Crippen molar-refractivity contribution in [3.63, 3.8) is 0 Å². The van der Waals surface area contributed by atoms with Crippen molar-refractivity contribution >= 4 is 40.1 Å². The van der Waals surface area contributed by atoms with E-state index in [-0.39, 0.29) is 32.6 Å². The maximum Gasteiger partial charge on any atom is 1.00 e. The van der Waals surface area contributed by atoms with Crippen LogP contribution in [-0.4, -0.2) is 49.8 Å². The van der Waals surface area contributed by atoms with E-state index in [0.717, 1.165) is 0 Å². The molecule has 10 nitrogen and oxygen atoms in total. The Hall–Kier alpha value is -0.700. The summed E-state index contributed by atoms with van der Waals surface area (Å²) in [6.07, 6.45) is 0. The fourth-order valence-electron chi connectivity index (χ4n) is 0.532. The van der Waals surface area contributed by atoms with Crippen LogP contribution in [0.25, 0.3) is 8.25 Å². The van der Waals surface area contributed by atoms with Crippen molar-refractivity contribution < 1.29 is 62.9 Å². The molecule has 0 N–H and O–H groups in total. The minimum absolute atomic E-state index is 0. The maximum absolute atomic E-state index is 11.8. The predicted octanol–water partition coefficient (Wildman–Crippen LogP) is 2.82. The molecule has 1 heterocycles. The highest BCUT2D eigenvalue weighted by Crippen LogP contribution is 2.47. The molecule has 0 unspecified atom stereocenters. The summed E-state index contributed by atoms with van der Waals surface area (Å²) in [5, 5.41) is 0. The second-order valence-electron chi connectivity index (χ2n) is 3.17. The molecule has 1 aliphatic rings. The normalized spacial score (nSPS) is 19.0. The van der Waals surface area contributed by atoms with Crippen LogP contribution in [0.2, 0.25) is 0 Å².